The van der Waals surface area contributed by atoms with Crippen LogP contribution >= 0.6 is 11.6 Å². The SMILES string of the molecule is CC(C)(C)OC(=O)C1(NC(=O)c2cc3cc(Cl)ccc3[nH]2)CCC(C(C)(C)O)CC1N. The number of amides is 1. The van der Waals surface area contributed by atoms with E-state index in [-0.39, 0.29) is 12.3 Å². The minimum absolute atomic E-state index is 0.0924. The molecule has 1 aliphatic rings. The molecule has 31 heavy (non-hydrogen) atoms. The molecule has 3 rings (SSSR count). The number of ether oxygens (including phenoxy) is 1. The third-order valence-corrected chi connectivity index (χ3v) is 6.22. The van der Waals surface area contributed by atoms with Gasteiger partial charge in [0.2, 0.25) is 0 Å². The molecule has 7 nitrogen and oxygen atoms in total. The van der Waals surface area contributed by atoms with Crippen LogP contribution in [0.4, 0.5) is 0 Å². The fourth-order valence-electron chi connectivity index (χ4n) is 4.18. The summed E-state index contributed by atoms with van der Waals surface area (Å²) in [5.41, 5.74) is 4.49. The highest BCUT2D eigenvalue weighted by molar-refractivity contribution is 6.31. The van der Waals surface area contributed by atoms with Gasteiger partial charge in [-0.2, -0.15) is 0 Å². The molecule has 2 aromatic rings. The van der Waals surface area contributed by atoms with Crippen molar-refractivity contribution < 1.29 is 19.4 Å². The third-order valence-electron chi connectivity index (χ3n) is 5.98. The van der Waals surface area contributed by atoms with E-state index < -0.39 is 34.7 Å². The average Bonchev–Trinajstić information content (AvgIpc) is 3.04. The number of hydrogen-bond donors (Lipinski definition) is 4. The number of nitrogens with one attached hydrogen (secondary N) is 2. The molecule has 3 unspecified atom stereocenters. The van der Waals surface area contributed by atoms with Gasteiger partial charge in [-0.15, -0.1) is 0 Å². The van der Waals surface area contributed by atoms with Gasteiger partial charge in [0.05, 0.1) is 5.60 Å². The van der Waals surface area contributed by atoms with E-state index in [4.69, 9.17) is 22.1 Å². The van der Waals surface area contributed by atoms with E-state index in [9.17, 15) is 14.7 Å². The van der Waals surface area contributed by atoms with E-state index in [1.165, 1.54) is 0 Å². The number of aromatic nitrogens is 1. The maximum absolute atomic E-state index is 13.3. The number of rotatable bonds is 4. The Morgan fingerprint density at radius 1 is 1.26 bits per heavy atom. The van der Waals surface area contributed by atoms with Crippen LogP contribution in [0.2, 0.25) is 5.02 Å². The van der Waals surface area contributed by atoms with Crippen molar-refractivity contribution in [3.05, 3.63) is 35.0 Å². The Kier molecular flexibility index (Phi) is 6.17. The van der Waals surface area contributed by atoms with E-state index in [1.54, 1.807) is 58.9 Å². The van der Waals surface area contributed by atoms with Crippen LogP contribution in [-0.4, -0.2) is 44.7 Å². The Bertz CT molecular complexity index is 989. The number of aliphatic hydroxyl groups is 1. The molecule has 0 radical (unpaired) electrons. The molecule has 0 saturated heterocycles. The van der Waals surface area contributed by atoms with Crippen molar-refractivity contribution in [2.75, 3.05) is 0 Å². The molecule has 0 spiro atoms. The Labute approximate surface area is 187 Å². The van der Waals surface area contributed by atoms with Gasteiger partial charge in [-0.05, 0) is 84.1 Å². The summed E-state index contributed by atoms with van der Waals surface area (Å²) in [6.07, 6.45) is 1.18. The standard InChI is InChI=1S/C23H32ClN3O4/c1-21(2,3)31-20(29)23(9-8-14(12-18(23)25)22(4,5)30)27-19(28)17-11-13-10-15(24)6-7-16(13)26-17/h6-7,10-11,14,18,26,30H,8-9,12,25H2,1-5H3,(H,27,28). The van der Waals surface area contributed by atoms with Gasteiger partial charge < -0.3 is 25.9 Å². The molecule has 8 heteroatoms. The molecular formula is C23H32ClN3O4. The summed E-state index contributed by atoms with van der Waals surface area (Å²) in [5, 5.41) is 14.7. The lowest BCUT2D eigenvalue weighted by atomic mass is 9.68. The van der Waals surface area contributed by atoms with Crippen LogP contribution in [0.3, 0.4) is 0 Å². The van der Waals surface area contributed by atoms with Crippen molar-refractivity contribution >= 4 is 34.4 Å². The van der Waals surface area contributed by atoms with E-state index in [0.717, 1.165) is 10.9 Å². The van der Waals surface area contributed by atoms with Gasteiger partial charge in [-0.25, -0.2) is 4.79 Å². The molecule has 5 N–H and O–H groups in total. The van der Waals surface area contributed by atoms with Crippen molar-refractivity contribution in [3.8, 4) is 0 Å². The molecule has 0 aliphatic heterocycles. The van der Waals surface area contributed by atoms with Crippen LogP contribution in [0.25, 0.3) is 10.9 Å². The number of H-pyrrole nitrogens is 1. The third kappa shape index (κ3) is 5.05. The molecule has 1 heterocycles. The lowest BCUT2D eigenvalue weighted by molar-refractivity contribution is -0.167. The number of aromatic amines is 1. The molecule has 1 aliphatic carbocycles. The molecule has 1 amide bonds. The van der Waals surface area contributed by atoms with Crippen LogP contribution < -0.4 is 11.1 Å². The van der Waals surface area contributed by atoms with Crippen molar-refractivity contribution in [3.63, 3.8) is 0 Å². The number of esters is 1. The molecule has 170 valence electrons. The number of carbonyl (C=O) groups is 2. The Morgan fingerprint density at radius 3 is 2.52 bits per heavy atom. The largest absolute Gasteiger partial charge is 0.458 e. The lowest BCUT2D eigenvalue weighted by Crippen LogP contribution is -2.69. The summed E-state index contributed by atoms with van der Waals surface area (Å²) in [6.45, 7) is 8.79. The van der Waals surface area contributed by atoms with Gasteiger partial charge in [-0.3, -0.25) is 4.79 Å². The van der Waals surface area contributed by atoms with Crippen molar-refractivity contribution in [2.45, 2.75) is 76.7 Å². The minimum atomic E-state index is -1.39. The molecule has 1 saturated carbocycles. The summed E-state index contributed by atoms with van der Waals surface area (Å²) >= 11 is 6.05. The highest BCUT2D eigenvalue weighted by Gasteiger charge is 2.53. The highest BCUT2D eigenvalue weighted by atomic mass is 35.5. The highest BCUT2D eigenvalue weighted by Crippen LogP contribution is 2.38. The van der Waals surface area contributed by atoms with Crippen molar-refractivity contribution in [1.29, 1.82) is 0 Å². The number of carbonyl (C=O) groups excluding carboxylic acids is 2. The van der Waals surface area contributed by atoms with E-state index in [2.05, 4.69) is 10.3 Å². The molecule has 1 fully saturated rings. The smallest absolute Gasteiger partial charge is 0.334 e. The fraction of sp³-hybridized carbons (Fsp3) is 0.565. The van der Waals surface area contributed by atoms with Crippen LogP contribution in [0.5, 0.6) is 0 Å². The quantitative estimate of drug-likeness (QED) is 0.532. The maximum atomic E-state index is 13.3. The van der Waals surface area contributed by atoms with Gasteiger partial charge in [0.15, 0.2) is 5.54 Å². The second-order valence-electron chi connectivity index (χ2n) is 10.1. The Morgan fingerprint density at radius 2 is 1.94 bits per heavy atom. The first kappa shape index (κ1) is 23.6. The average molecular weight is 450 g/mol. The van der Waals surface area contributed by atoms with E-state index in [0.29, 0.717) is 23.6 Å². The zero-order valence-corrected chi connectivity index (χ0v) is 19.5. The first-order chi connectivity index (χ1) is 14.2. The van der Waals surface area contributed by atoms with Gasteiger partial charge in [0, 0.05) is 22.0 Å². The summed E-state index contributed by atoms with van der Waals surface area (Å²) in [5.74, 6) is -1.10. The van der Waals surface area contributed by atoms with Gasteiger partial charge in [0.25, 0.3) is 5.91 Å². The van der Waals surface area contributed by atoms with Gasteiger partial charge in [-0.1, -0.05) is 11.6 Å². The van der Waals surface area contributed by atoms with Crippen LogP contribution in [-0.2, 0) is 9.53 Å². The lowest BCUT2D eigenvalue weighted by Gasteiger charge is -2.46. The summed E-state index contributed by atoms with van der Waals surface area (Å²) in [4.78, 5) is 29.5. The van der Waals surface area contributed by atoms with E-state index >= 15 is 0 Å². The minimum Gasteiger partial charge on any atom is -0.458 e. The topological polar surface area (TPSA) is 117 Å². The maximum Gasteiger partial charge on any atom is 0.334 e. The van der Waals surface area contributed by atoms with Crippen molar-refractivity contribution in [2.24, 2.45) is 11.7 Å². The Balaban J connectivity index is 1.92. The number of hydrogen-bond acceptors (Lipinski definition) is 5. The second kappa shape index (κ2) is 8.11. The molecule has 3 atom stereocenters. The van der Waals surface area contributed by atoms with Gasteiger partial charge >= 0.3 is 5.97 Å². The zero-order chi connectivity index (χ0) is 23.2. The van der Waals surface area contributed by atoms with Crippen LogP contribution in [0, 0.1) is 5.92 Å². The predicted molar refractivity (Wildman–Crippen MR) is 121 cm³/mol. The zero-order valence-electron chi connectivity index (χ0n) is 18.7. The summed E-state index contributed by atoms with van der Waals surface area (Å²) in [6, 6.07) is 6.26. The molecule has 1 aromatic carbocycles. The monoisotopic (exact) mass is 449 g/mol. The summed E-state index contributed by atoms with van der Waals surface area (Å²) < 4.78 is 5.66. The fourth-order valence-corrected chi connectivity index (χ4v) is 4.36. The van der Waals surface area contributed by atoms with E-state index in [1.807, 2.05) is 0 Å². The number of fused-ring (bicyclic) bond motifs is 1. The Hall–Kier alpha value is -2.09. The predicted octanol–water partition coefficient (Wildman–Crippen LogP) is 3.53. The number of halogens is 1. The van der Waals surface area contributed by atoms with Crippen LogP contribution in [0.1, 0.15) is 64.4 Å². The molecule has 0 bridgehead atoms. The second-order valence-corrected chi connectivity index (χ2v) is 10.5. The first-order valence-electron chi connectivity index (χ1n) is 10.5. The normalized spacial score (nSPS) is 24.8. The molecule has 1 aromatic heterocycles. The van der Waals surface area contributed by atoms with Crippen molar-refractivity contribution in [1.82, 2.24) is 10.3 Å². The first-order valence-corrected chi connectivity index (χ1v) is 10.9. The number of nitrogens with two attached hydrogens (primary N) is 1. The number of benzene rings is 1. The van der Waals surface area contributed by atoms with Gasteiger partial charge in [0.1, 0.15) is 11.3 Å². The summed E-state index contributed by atoms with van der Waals surface area (Å²) in [7, 11) is 0. The van der Waals surface area contributed by atoms with Crippen LogP contribution in [0.15, 0.2) is 24.3 Å². The molecular weight excluding hydrogens is 418 g/mol.